The molecule has 0 atom stereocenters. The predicted molar refractivity (Wildman–Crippen MR) is 119 cm³/mol. The van der Waals surface area contributed by atoms with Crippen LogP contribution >= 0.6 is 45.8 Å². The van der Waals surface area contributed by atoms with Gasteiger partial charge in [-0.15, -0.1) is 0 Å². The molecule has 2 N–H and O–H groups in total. The number of pyridine rings is 2. The van der Waals surface area contributed by atoms with Gasteiger partial charge in [0.25, 0.3) is 0 Å². The fourth-order valence-corrected chi connectivity index (χ4v) is 2.95. The van der Waals surface area contributed by atoms with Crippen molar-refractivity contribution in [1.82, 2.24) is 9.97 Å². The third-order valence-electron chi connectivity index (χ3n) is 3.43. The summed E-state index contributed by atoms with van der Waals surface area (Å²) in [5.41, 5.74) is 6.52. The largest absolute Gasteiger partial charge is 0.496 e. The number of nitrogen functional groups attached to an aromatic ring is 1. The lowest BCUT2D eigenvalue weighted by molar-refractivity contribution is -0.386. The summed E-state index contributed by atoms with van der Waals surface area (Å²) in [4.78, 5) is 29.7. The van der Waals surface area contributed by atoms with E-state index in [1.54, 1.807) is 46.9 Å². The molecule has 8 nitrogen and oxygen atoms in total. The van der Waals surface area contributed by atoms with Gasteiger partial charge in [-0.05, 0) is 40.8 Å². The molecule has 0 unspecified atom stereocenters. The Hall–Kier alpha value is -2.50. The fraction of sp³-hybridized carbons (Fsp3) is 0.0556. The lowest BCUT2D eigenvalue weighted by Crippen LogP contribution is -2.09. The Morgan fingerprint density at radius 1 is 1.17 bits per heavy atom. The molecular formula is C18H13Cl2IN4O4. The number of ether oxygens (including phenoxy) is 1. The lowest BCUT2D eigenvalue weighted by Gasteiger charge is -2.08. The molecule has 3 rings (SSSR count). The second-order valence-electron chi connectivity index (χ2n) is 5.34. The highest BCUT2D eigenvalue weighted by atomic mass is 127. The number of benzene rings is 1. The third kappa shape index (κ3) is 5.99. The molecule has 0 aliphatic carbocycles. The van der Waals surface area contributed by atoms with Crippen molar-refractivity contribution in [2.45, 2.75) is 0 Å². The number of para-hydroxylation sites is 1. The van der Waals surface area contributed by atoms with E-state index in [2.05, 4.69) is 9.97 Å². The lowest BCUT2D eigenvalue weighted by atomic mass is 10.1. The fourth-order valence-electron chi connectivity index (χ4n) is 2.14. The first kappa shape index (κ1) is 22.8. The van der Waals surface area contributed by atoms with Crippen LogP contribution in [-0.2, 0) is 0 Å². The minimum atomic E-state index is -0.513. The number of anilines is 1. The maximum atomic E-state index is 12.3. The van der Waals surface area contributed by atoms with Crippen molar-refractivity contribution in [2.75, 3.05) is 12.8 Å². The second-order valence-corrected chi connectivity index (χ2v) is 7.24. The topological polar surface area (TPSA) is 121 Å². The summed E-state index contributed by atoms with van der Waals surface area (Å²) >= 11 is 13.0. The summed E-state index contributed by atoms with van der Waals surface area (Å²) in [6.07, 6.45) is 2.76. The number of nitrogens with zero attached hydrogens (tertiary/aromatic N) is 3. The van der Waals surface area contributed by atoms with Crippen LogP contribution in [0.25, 0.3) is 0 Å². The molecule has 0 amide bonds. The van der Waals surface area contributed by atoms with Crippen molar-refractivity contribution < 1.29 is 14.5 Å². The summed E-state index contributed by atoms with van der Waals surface area (Å²) in [6, 6.07) is 9.68. The van der Waals surface area contributed by atoms with E-state index in [9.17, 15) is 14.9 Å². The van der Waals surface area contributed by atoms with Gasteiger partial charge in [0.2, 0.25) is 5.78 Å². The normalized spacial score (nSPS) is 9.93. The van der Waals surface area contributed by atoms with Gasteiger partial charge in [0, 0.05) is 18.5 Å². The molecule has 29 heavy (non-hydrogen) atoms. The second kappa shape index (κ2) is 10.3. The molecule has 0 saturated carbocycles. The van der Waals surface area contributed by atoms with Crippen LogP contribution in [0.15, 0.2) is 48.8 Å². The van der Waals surface area contributed by atoms with Gasteiger partial charge in [0.05, 0.1) is 33.3 Å². The van der Waals surface area contributed by atoms with Crippen molar-refractivity contribution in [2.24, 2.45) is 0 Å². The number of hydrogen-bond donors (Lipinski definition) is 1. The van der Waals surface area contributed by atoms with Crippen molar-refractivity contribution in [3.05, 3.63) is 83.9 Å². The SMILES string of the molecule is COc1ccccc1C(=O)c1ncc(Cl)cc1N.O=[N+]([O-])c1cc(Cl)cnc1I. The van der Waals surface area contributed by atoms with Crippen molar-refractivity contribution in [3.63, 3.8) is 0 Å². The quantitative estimate of drug-likeness (QED) is 0.164. The Balaban J connectivity index is 0.000000234. The summed E-state index contributed by atoms with van der Waals surface area (Å²) in [6.45, 7) is 0. The maximum absolute atomic E-state index is 12.3. The summed E-state index contributed by atoms with van der Waals surface area (Å²) in [7, 11) is 1.50. The Bertz CT molecular complexity index is 1070. The van der Waals surface area contributed by atoms with Crippen LogP contribution in [0.5, 0.6) is 5.75 Å². The Kier molecular flexibility index (Phi) is 8.11. The minimum absolute atomic E-state index is 0.0573. The summed E-state index contributed by atoms with van der Waals surface area (Å²) < 4.78 is 5.48. The van der Waals surface area contributed by atoms with E-state index >= 15 is 0 Å². The van der Waals surface area contributed by atoms with Crippen LogP contribution in [0.1, 0.15) is 16.1 Å². The molecule has 0 aliphatic heterocycles. The number of aromatic nitrogens is 2. The molecule has 3 aromatic rings. The maximum Gasteiger partial charge on any atom is 0.302 e. The molecule has 150 valence electrons. The van der Waals surface area contributed by atoms with Gasteiger partial charge in [-0.1, -0.05) is 35.3 Å². The van der Waals surface area contributed by atoms with Crippen LogP contribution in [0.4, 0.5) is 11.4 Å². The molecule has 0 spiro atoms. The molecule has 11 heteroatoms. The predicted octanol–water partition coefficient (Wildman–Crippen LogP) is 4.80. The zero-order valence-corrected chi connectivity index (χ0v) is 18.5. The van der Waals surface area contributed by atoms with Crippen molar-refractivity contribution >= 4 is 63.0 Å². The molecule has 0 aliphatic rings. The van der Waals surface area contributed by atoms with Gasteiger partial charge >= 0.3 is 5.69 Å². The number of carbonyl (C=O) groups excluding carboxylic acids is 1. The van der Waals surface area contributed by atoms with Crippen molar-refractivity contribution in [3.8, 4) is 5.75 Å². The minimum Gasteiger partial charge on any atom is -0.496 e. The average molecular weight is 547 g/mol. The number of nitrogens with two attached hydrogens (primary N) is 1. The highest BCUT2D eigenvalue weighted by Gasteiger charge is 2.18. The Morgan fingerprint density at radius 2 is 1.79 bits per heavy atom. The zero-order chi connectivity index (χ0) is 21.6. The highest BCUT2D eigenvalue weighted by Crippen LogP contribution is 2.24. The van der Waals surface area contributed by atoms with Gasteiger partial charge in [-0.25, -0.2) is 9.97 Å². The number of hydrogen-bond acceptors (Lipinski definition) is 7. The Labute approximate surface area is 189 Å². The Morgan fingerprint density at radius 3 is 2.38 bits per heavy atom. The monoisotopic (exact) mass is 546 g/mol. The molecule has 0 radical (unpaired) electrons. The molecule has 1 aromatic carbocycles. The highest BCUT2D eigenvalue weighted by molar-refractivity contribution is 14.1. The number of carbonyl (C=O) groups is 1. The molecule has 2 heterocycles. The summed E-state index contributed by atoms with van der Waals surface area (Å²) in [5, 5.41) is 10.9. The van der Waals surface area contributed by atoms with E-state index < -0.39 is 4.92 Å². The van der Waals surface area contributed by atoms with Crippen LogP contribution < -0.4 is 10.5 Å². The van der Waals surface area contributed by atoms with Gasteiger partial charge in [-0.2, -0.15) is 0 Å². The zero-order valence-electron chi connectivity index (χ0n) is 14.8. The van der Waals surface area contributed by atoms with E-state index in [4.69, 9.17) is 33.7 Å². The smallest absolute Gasteiger partial charge is 0.302 e. The molecular weight excluding hydrogens is 534 g/mol. The van der Waals surface area contributed by atoms with Crippen LogP contribution in [0, 0.1) is 13.8 Å². The molecule has 0 fully saturated rings. The summed E-state index contributed by atoms with van der Waals surface area (Å²) in [5.74, 6) is 0.195. The standard InChI is InChI=1S/C13H11ClN2O2.C5H2ClIN2O2/c1-18-11-5-3-2-4-9(11)13(17)12-10(15)6-8(14)7-16-12;6-3-1-4(9(10)11)5(7)8-2-3/h2-7H,15H2,1H3;1-2H. The number of halogens is 3. The molecule has 2 aromatic heterocycles. The number of nitro groups is 1. The van der Waals surface area contributed by atoms with E-state index in [1.807, 2.05) is 0 Å². The van der Waals surface area contributed by atoms with Gasteiger partial charge < -0.3 is 10.5 Å². The van der Waals surface area contributed by atoms with Crippen LogP contribution in [-0.4, -0.2) is 27.8 Å². The first-order chi connectivity index (χ1) is 13.7. The molecule has 0 bridgehead atoms. The van der Waals surface area contributed by atoms with Crippen LogP contribution in [0.2, 0.25) is 10.0 Å². The van der Waals surface area contributed by atoms with Crippen molar-refractivity contribution in [1.29, 1.82) is 0 Å². The van der Waals surface area contributed by atoms with E-state index in [-0.39, 0.29) is 27.9 Å². The van der Waals surface area contributed by atoms with E-state index in [0.717, 1.165) is 0 Å². The van der Waals surface area contributed by atoms with Gasteiger partial charge in [-0.3, -0.25) is 14.9 Å². The van der Waals surface area contributed by atoms with E-state index in [0.29, 0.717) is 20.0 Å². The first-order valence-electron chi connectivity index (χ1n) is 7.78. The average Bonchev–Trinajstić information content (AvgIpc) is 2.69. The first-order valence-corrected chi connectivity index (χ1v) is 9.62. The third-order valence-corrected chi connectivity index (χ3v) is 4.68. The van der Waals surface area contributed by atoms with Gasteiger partial charge in [0.1, 0.15) is 11.4 Å². The number of ketones is 1. The van der Waals surface area contributed by atoms with Crippen LogP contribution in [0.3, 0.4) is 0 Å². The number of rotatable bonds is 4. The van der Waals surface area contributed by atoms with E-state index in [1.165, 1.54) is 31.6 Å². The van der Waals surface area contributed by atoms with Gasteiger partial charge in [0.15, 0.2) is 3.70 Å². The number of methoxy groups -OCH3 is 1. The molecule has 0 saturated heterocycles.